The van der Waals surface area contributed by atoms with Crippen molar-refractivity contribution in [2.45, 2.75) is 32.9 Å². The van der Waals surface area contributed by atoms with Crippen molar-refractivity contribution < 1.29 is 4.74 Å². The van der Waals surface area contributed by atoms with Crippen LogP contribution in [0.25, 0.3) is 0 Å². The van der Waals surface area contributed by atoms with Crippen molar-refractivity contribution in [1.29, 1.82) is 0 Å². The van der Waals surface area contributed by atoms with Gasteiger partial charge in [-0.2, -0.15) is 0 Å². The zero-order valence-electron chi connectivity index (χ0n) is 12.2. The third-order valence-corrected chi connectivity index (χ3v) is 3.19. The van der Waals surface area contributed by atoms with Crippen LogP contribution in [-0.4, -0.2) is 48.2 Å². The van der Waals surface area contributed by atoms with Gasteiger partial charge in [0.1, 0.15) is 6.61 Å². The largest absolute Gasteiger partial charge is 0.462 e. The second-order valence-corrected chi connectivity index (χ2v) is 5.29. The van der Waals surface area contributed by atoms with Crippen LogP contribution in [0.5, 0.6) is 6.01 Å². The average molecular weight is 252 g/mol. The topological polar surface area (TPSA) is 50.3 Å². The first-order valence-corrected chi connectivity index (χ1v) is 6.14. The van der Waals surface area contributed by atoms with Gasteiger partial charge in [-0.25, -0.2) is 9.97 Å². The summed E-state index contributed by atoms with van der Waals surface area (Å²) >= 11 is 0. The molecular formula is C13H24N4O. The van der Waals surface area contributed by atoms with Crippen molar-refractivity contribution in [1.82, 2.24) is 20.2 Å². The predicted molar refractivity (Wildman–Crippen MR) is 72.8 cm³/mol. The average Bonchev–Trinajstić information content (AvgIpc) is 2.30. The highest BCUT2D eigenvalue weighted by molar-refractivity contribution is 5.17. The van der Waals surface area contributed by atoms with Gasteiger partial charge in [0, 0.05) is 29.5 Å². The van der Waals surface area contributed by atoms with Crippen LogP contribution < -0.4 is 10.1 Å². The van der Waals surface area contributed by atoms with Crippen molar-refractivity contribution in [3.63, 3.8) is 0 Å². The number of rotatable bonds is 6. The molecule has 1 rings (SSSR count). The third-order valence-electron chi connectivity index (χ3n) is 3.19. The van der Waals surface area contributed by atoms with E-state index in [4.69, 9.17) is 4.74 Å². The van der Waals surface area contributed by atoms with Crippen LogP contribution >= 0.6 is 0 Å². The van der Waals surface area contributed by atoms with Gasteiger partial charge in [0.2, 0.25) is 0 Å². The molecule has 102 valence electrons. The maximum absolute atomic E-state index is 5.66. The first kappa shape index (κ1) is 14.9. The summed E-state index contributed by atoms with van der Waals surface area (Å²) in [6, 6.07) is 0.447. The molecule has 18 heavy (non-hydrogen) atoms. The lowest BCUT2D eigenvalue weighted by molar-refractivity contribution is 0.107. The summed E-state index contributed by atoms with van der Waals surface area (Å²) in [7, 11) is 5.97. The summed E-state index contributed by atoms with van der Waals surface area (Å²) in [5.74, 6) is 0. The van der Waals surface area contributed by atoms with Crippen LogP contribution in [0.15, 0.2) is 6.20 Å². The van der Waals surface area contributed by atoms with E-state index in [1.165, 1.54) is 0 Å². The summed E-state index contributed by atoms with van der Waals surface area (Å²) in [6.07, 6.45) is 1.82. The maximum atomic E-state index is 5.66. The second kappa shape index (κ2) is 6.11. The van der Waals surface area contributed by atoms with Gasteiger partial charge < -0.3 is 15.0 Å². The number of ether oxygens (including phenoxy) is 1. The van der Waals surface area contributed by atoms with Crippen molar-refractivity contribution >= 4 is 0 Å². The van der Waals surface area contributed by atoms with Crippen molar-refractivity contribution in [2.24, 2.45) is 0 Å². The van der Waals surface area contributed by atoms with E-state index in [2.05, 4.69) is 34.0 Å². The van der Waals surface area contributed by atoms with Gasteiger partial charge in [-0.1, -0.05) is 0 Å². The smallest absolute Gasteiger partial charge is 0.316 e. The molecule has 0 aliphatic carbocycles. The highest BCUT2D eigenvalue weighted by Crippen LogP contribution is 2.13. The van der Waals surface area contributed by atoms with Crippen molar-refractivity contribution in [2.75, 3.05) is 27.7 Å². The van der Waals surface area contributed by atoms with Crippen molar-refractivity contribution in [3.05, 3.63) is 17.5 Å². The summed E-state index contributed by atoms with van der Waals surface area (Å²) in [5, 5.41) is 3.09. The van der Waals surface area contributed by atoms with E-state index in [1.54, 1.807) is 0 Å². The Morgan fingerprint density at radius 1 is 1.39 bits per heavy atom. The Hall–Kier alpha value is -1.20. The fourth-order valence-electron chi connectivity index (χ4n) is 1.27. The number of hydrogen-bond donors (Lipinski definition) is 1. The molecule has 0 saturated carbocycles. The predicted octanol–water partition coefficient (Wildman–Crippen LogP) is 1.22. The van der Waals surface area contributed by atoms with Gasteiger partial charge in [-0.15, -0.1) is 0 Å². The molecule has 0 spiro atoms. The molecule has 0 amide bonds. The van der Waals surface area contributed by atoms with Crippen LogP contribution in [-0.2, 0) is 6.54 Å². The molecule has 0 saturated heterocycles. The number of aryl methyl sites for hydroxylation is 1. The number of aromatic nitrogens is 2. The molecule has 0 aromatic carbocycles. The standard InChI is InChI=1S/C13H24N4O/c1-10-11(7-14-4)8-15-12(16-10)18-9-13(2,3)17(5)6/h8,14H,7,9H2,1-6H3. The van der Waals surface area contributed by atoms with Gasteiger partial charge in [0.15, 0.2) is 0 Å². The van der Waals surface area contributed by atoms with Gasteiger partial charge in [0.25, 0.3) is 0 Å². The fraction of sp³-hybridized carbons (Fsp3) is 0.692. The molecule has 1 heterocycles. The van der Waals surface area contributed by atoms with Crippen molar-refractivity contribution in [3.8, 4) is 6.01 Å². The lowest BCUT2D eigenvalue weighted by atomic mass is 10.1. The highest BCUT2D eigenvalue weighted by atomic mass is 16.5. The molecule has 1 N–H and O–H groups in total. The quantitative estimate of drug-likeness (QED) is 0.825. The van der Waals surface area contributed by atoms with Crippen LogP contribution in [0.3, 0.4) is 0 Å². The van der Waals surface area contributed by atoms with E-state index in [0.29, 0.717) is 12.6 Å². The van der Waals surface area contributed by atoms with Crippen LogP contribution in [0.2, 0.25) is 0 Å². The Morgan fingerprint density at radius 2 is 2.06 bits per heavy atom. The molecule has 0 aliphatic heterocycles. The Bertz CT molecular complexity index is 391. The summed E-state index contributed by atoms with van der Waals surface area (Å²) < 4.78 is 5.66. The highest BCUT2D eigenvalue weighted by Gasteiger charge is 2.21. The van der Waals surface area contributed by atoms with Gasteiger partial charge in [0.05, 0.1) is 0 Å². The molecule has 0 aliphatic rings. The molecule has 1 aromatic heterocycles. The fourth-order valence-corrected chi connectivity index (χ4v) is 1.27. The number of nitrogens with zero attached hydrogens (tertiary/aromatic N) is 3. The van der Waals surface area contributed by atoms with Gasteiger partial charge in [-0.3, -0.25) is 0 Å². The lowest BCUT2D eigenvalue weighted by Gasteiger charge is -2.31. The molecule has 5 heteroatoms. The van der Waals surface area contributed by atoms with Crippen LogP contribution in [0.1, 0.15) is 25.1 Å². The molecule has 0 fully saturated rings. The molecule has 0 unspecified atom stereocenters. The zero-order chi connectivity index (χ0) is 13.8. The molecule has 1 aromatic rings. The summed E-state index contributed by atoms with van der Waals surface area (Å²) in [4.78, 5) is 10.7. The van der Waals surface area contributed by atoms with Gasteiger partial charge in [-0.05, 0) is 41.9 Å². The Labute approximate surface area is 110 Å². The summed E-state index contributed by atoms with van der Waals surface area (Å²) in [5.41, 5.74) is 2.01. The first-order chi connectivity index (χ1) is 8.36. The van der Waals surface area contributed by atoms with E-state index < -0.39 is 0 Å². The number of hydrogen-bond acceptors (Lipinski definition) is 5. The zero-order valence-corrected chi connectivity index (χ0v) is 12.2. The first-order valence-electron chi connectivity index (χ1n) is 6.14. The second-order valence-electron chi connectivity index (χ2n) is 5.29. The monoisotopic (exact) mass is 252 g/mol. The van der Waals surface area contributed by atoms with Crippen LogP contribution in [0.4, 0.5) is 0 Å². The Balaban J connectivity index is 2.67. The van der Waals surface area contributed by atoms with E-state index in [-0.39, 0.29) is 5.54 Å². The van der Waals surface area contributed by atoms with E-state index in [0.717, 1.165) is 17.8 Å². The Morgan fingerprint density at radius 3 is 2.56 bits per heavy atom. The van der Waals surface area contributed by atoms with E-state index in [1.807, 2.05) is 34.3 Å². The Kier molecular flexibility index (Phi) is 5.04. The minimum atomic E-state index is -0.0408. The normalized spacial score (nSPS) is 11.9. The van der Waals surface area contributed by atoms with E-state index >= 15 is 0 Å². The minimum Gasteiger partial charge on any atom is -0.462 e. The molecule has 5 nitrogen and oxygen atoms in total. The number of likely N-dealkylation sites (N-methyl/N-ethyl adjacent to an activating group) is 1. The van der Waals surface area contributed by atoms with E-state index in [9.17, 15) is 0 Å². The maximum Gasteiger partial charge on any atom is 0.316 e. The summed E-state index contributed by atoms with van der Waals surface area (Å²) in [6.45, 7) is 7.54. The number of nitrogens with one attached hydrogen (secondary N) is 1. The molecular weight excluding hydrogens is 228 g/mol. The lowest BCUT2D eigenvalue weighted by Crippen LogP contribution is -2.43. The molecule has 0 radical (unpaired) electrons. The van der Waals surface area contributed by atoms with Gasteiger partial charge >= 0.3 is 6.01 Å². The molecule has 0 bridgehead atoms. The minimum absolute atomic E-state index is 0.0408. The molecule has 0 atom stereocenters. The third kappa shape index (κ3) is 3.92. The van der Waals surface area contributed by atoms with Crippen LogP contribution in [0, 0.1) is 6.92 Å². The SMILES string of the molecule is CNCc1cnc(OCC(C)(C)N(C)C)nc1C.